The number of nitrogens with zero attached hydrogens (tertiary/aromatic N) is 3. The highest BCUT2D eigenvalue weighted by atomic mass is 16.5. The van der Waals surface area contributed by atoms with E-state index in [0.717, 1.165) is 22.4 Å². The molecular weight excluding hydrogens is 404 g/mol. The zero-order valence-electron chi connectivity index (χ0n) is 17.3. The van der Waals surface area contributed by atoms with Crippen molar-refractivity contribution in [3.05, 3.63) is 90.5 Å². The topological polar surface area (TPSA) is 80.5 Å². The standard InChI is InChI=1S/C25H22N4O3/c30-25(26-15-18-7-3-1-4-8-18)29-16-22(17-29)31-21-13-11-20(12-14-21)24-27-23(28-32-24)19-9-5-2-6-10-19/h1-14,22H,15-17H2,(H,26,30). The predicted molar refractivity (Wildman–Crippen MR) is 120 cm³/mol. The Bertz CT molecular complexity index is 1170. The second-order valence-electron chi connectivity index (χ2n) is 7.60. The first-order valence-corrected chi connectivity index (χ1v) is 10.5. The monoisotopic (exact) mass is 426 g/mol. The highest BCUT2D eigenvalue weighted by molar-refractivity contribution is 5.75. The molecule has 1 saturated heterocycles. The van der Waals surface area contributed by atoms with Gasteiger partial charge in [0.2, 0.25) is 5.82 Å². The molecular formula is C25H22N4O3. The molecule has 1 aliphatic heterocycles. The van der Waals surface area contributed by atoms with E-state index in [1.807, 2.05) is 84.9 Å². The zero-order chi connectivity index (χ0) is 21.8. The van der Waals surface area contributed by atoms with Gasteiger partial charge in [0, 0.05) is 17.7 Å². The summed E-state index contributed by atoms with van der Waals surface area (Å²) in [7, 11) is 0. The molecule has 4 aromatic rings. The zero-order valence-corrected chi connectivity index (χ0v) is 17.3. The summed E-state index contributed by atoms with van der Waals surface area (Å²) in [4.78, 5) is 18.4. The van der Waals surface area contributed by atoms with Gasteiger partial charge in [0.1, 0.15) is 11.9 Å². The molecule has 1 aliphatic rings. The summed E-state index contributed by atoms with van der Waals surface area (Å²) in [6.45, 7) is 1.64. The highest BCUT2D eigenvalue weighted by Crippen LogP contribution is 2.25. The van der Waals surface area contributed by atoms with Crippen LogP contribution in [0.15, 0.2) is 89.5 Å². The van der Waals surface area contributed by atoms with Crippen LogP contribution in [0.1, 0.15) is 5.56 Å². The van der Waals surface area contributed by atoms with Gasteiger partial charge in [-0.05, 0) is 29.8 Å². The Morgan fingerprint density at radius 3 is 2.34 bits per heavy atom. The van der Waals surface area contributed by atoms with Crippen molar-refractivity contribution in [1.82, 2.24) is 20.4 Å². The summed E-state index contributed by atoms with van der Waals surface area (Å²) in [5.74, 6) is 1.76. The van der Waals surface area contributed by atoms with Crippen molar-refractivity contribution in [2.24, 2.45) is 0 Å². The number of hydrogen-bond donors (Lipinski definition) is 1. The minimum Gasteiger partial charge on any atom is -0.487 e. The normalized spacial score (nSPS) is 13.4. The molecule has 0 bridgehead atoms. The Labute approximate surface area is 185 Å². The third kappa shape index (κ3) is 4.46. The van der Waals surface area contributed by atoms with Crippen molar-refractivity contribution >= 4 is 6.03 Å². The van der Waals surface area contributed by atoms with Gasteiger partial charge in [-0.25, -0.2) is 4.79 Å². The fraction of sp³-hybridized carbons (Fsp3) is 0.160. The maximum atomic E-state index is 12.2. The van der Waals surface area contributed by atoms with Crippen LogP contribution in [0.5, 0.6) is 5.75 Å². The van der Waals surface area contributed by atoms with Crippen LogP contribution in [-0.4, -0.2) is 40.3 Å². The number of amides is 2. The van der Waals surface area contributed by atoms with Crippen molar-refractivity contribution in [3.8, 4) is 28.6 Å². The first-order valence-electron chi connectivity index (χ1n) is 10.5. The van der Waals surface area contributed by atoms with Crippen LogP contribution in [0.2, 0.25) is 0 Å². The Morgan fingerprint density at radius 1 is 0.938 bits per heavy atom. The SMILES string of the molecule is O=C(NCc1ccccc1)N1CC(Oc2ccc(-c3nc(-c4ccccc4)no3)cc2)C1. The average molecular weight is 426 g/mol. The molecule has 32 heavy (non-hydrogen) atoms. The van der Waals surface area contributed by atoms with Gasteiger partial charge in [0.15, 0.2) is 0 Å². The number of benzene rings is 3. The lowest BCUT2D eigenvalue weighted by atomic mass is 10.1. The number of nitrogens with one attached hydrogen (secondary N) is 1. The number of urea groups is 1. The van der Waals surface area contributed by atoms with Gasteiger partial charge in [-0.3, -0.25) is 0 Å². The number of carbonyl (C=O) groups is 1. The van der Waals surface area contributed by atoms with E-state index in [1.54, 1.807) is 4.90 Å². The largest absolute Gasteiger partial charge is 0.487 e. The molecule has 1 N–H and O–H groups in total. The molecule has 0 atom stereocenters. The van der Waals surface area contributed by atoms with Gasteiger partial charge in [0.05, 0.1) is 13.1 Å². The van der Waals surface area contributed by atoms with Crippen LogP contribution in [0, 0.1) is 0 Å². The van der Waals surface area contributed by atoms with Crippen molar-refractivity contribution in [2.45, 2.75) is 12.6 Å². The summed E-state index contributed by atoms with van der Waals surface area (Å²) in [5.41, 5.74) is 2.80. The molecule has 1 aromatic heterocycles. The lowest BCUT2D eigenvalue weighted by Crippen LogP contribution is -2.58. The molecule has 0 unspecified atom stereocenters. The maximum Gasteiger partial charge on any atom is 0.317 e. The molecule has 0 spiro atoms. The smallest absolute Gasteiger partial charge is 0.317 e. The Kier molecular flexibility index (Phi) is 5.53. The molecule has 0 aliphatic carbocycles. The van der Waals surface area contributed by atoms with E-state index >= 15 is 0 Å². The number of aromatic nitrogens is 2. The molecule has 0 radical (unpaired) electrons. The van der Waals surface area contributed by atoms with Crippen molar-refractivity contribution in [2.75, 3.05) is 13.1 Å². The molecule has 3 aromatic carbocycles. The van der Waals surface area contributed by atoms with E-state index in [-0.39, 0.29) is 12.1 Å². The van der Waals surface area contributed by atoms with Gasteiger partial charge >= 0.3 is 6.03 Å². The Hall–Kier alpha value is -4.13. The number of likely N-dealkylation sites (tertiary alicyclic amines) is 1. The van der Waals surface area contributed by atoms with Crippen LogP contribution in [-0.2, 0) is 6.54 Å². The number of carbonyl (C=O) groups excluding carboxylic acids is 1. The van der Waals surface area contributed by atoms with Crippen LogP contribution in [0.4, 0.5) is 4.79 Å². The van der Waals surface area contributed by atoms with Crippen LogP contribution in [0.3, 0.4) is 0 Å². The van der Waals surface area contributed by atoms with E-state index < -0.39 is 0 Å². The first kappa shape index (κ1) is 19.8. The number of hydrogen-bond acceptors (Lipinski definition) is 5. The van der Waals surface area contributed by atoms with Crippen molar-refractivity contribution in [3.63, 3.8) is 0 Å². The van der Waals surface area contributed by atoms with Gasteiger partial charge < -0.3 is 19.5 Å². The minimum absolute atomic E-state index is 0.0172. The summed E-state index contributed by atoms with van der Waals surface area (Å²) < 4.78 is 11.4. The van der Waals surface area contributed by atoms with E-state index in [0.29, 0.717) is 31.3 Å². The summed E-state index contributed by atoms with van der Waals surface area (Å²) in [6.07, 6.45) is -0.0172. The second-order valence-corrected chi connectivity index (χ2v) is 7.60. The Morgan fingerprint density at radius 2 is 1.62 bits per heavy atom. The fourth-order valence-corrected chi connectivity index (χ4v) is 3.48. The van der Waals surface area contributed by atoms with Crippen LogP contribution in [0.25, 0.3) is 22.8 Å². The molecule has 7 heteroatoms. The molecule has 7 nitrogen and oxygen atoms in total. The third-order valence-electron chi connectivity index (χ3n) is 5.28. The molecule has 2 amide bonds. The molecule has 5 rings (SSSR count). The first-order chi connectivity index (χ1) is 15.7. The molecule has 1 fully saturated rings. The fourth-order valence-electron chi connectivity index (χ4n) is 3.48. The minimum atomic E-state index is -0.0744. The number of rotatable bonds is 6. The summed E-state index contributed by atoms with van der Waals surface area (Å²) in [6, 6.07) is 27.0. The van der Waals surface area contributed by atoms with Crippen LogP contribution >= 0.6 is 0 Å². The van der Waals surface area contributed by atoms with Gasteiger partial charge in [-0.2, -0.15) is 4.98 Å². The van der Waals surface area contributed by atoms with Gasteiger partial charge in [-0.1, -0.05) is 65.8 Å². The third-order valence-corrected chi connectivity index (χ3v) is 5.28. The van der Waals surface area contributed by atoms with E-state index in [9.17, 15) is 4.79 Å². The van der Waals surface area contributed by atoms with Crippen molar-refractivity contribution < 1.29 is 14.1 Å². The quantitative estimate of drug-likeness (QED) is 0.495. The van der Waals surface area contributed by atoms with E-state index in [4.69, 9.17) is 9.26 Å². The molecule has 0 saturated carbocycles. The molecule has 2 heterocycles. The van der Waals surface area contributed by atoms with Gasteiger partial charge in [0.25, 0.3) is 5.89 Å². The van der Waals surface area contributed by atoms with E-state index in [1.165, 1.54) is 0 Å². The summed E-state index contributed by atoms with van der Waals surface area (Å²) >= 11 is 0. The van der Waals surface area contributed by atoms with Crippen LogP contribution < -0.4 is 10.1 Å². The second kappa shape index (κ2) is 8.93. The van der Waals surface area contributed by atoms with E-state index in [2.05, 4.69) is 15.5 Å². The lowest BCUT2D eigenvalue weighted by molar-refractivity contribution is 0.0443. The maximum absolute atomic E-state index is 12.2. The summed E-state index contributed by atoms with van der Waals surface area (Å²) in [5, 5.41) is 6.99. The lowest BCUT2D eigenvalue weighted by Gasteiger charge is -2.38. The van der Waals surface area contributed by atoms with Gasteiger partial charge in [-0.15, -0.1) is 0 Å². The average Bonchev–Trinajstić information content (AvgIpc) is 3.32. The predicted octanol–water partition coefficient (Wildman–Crippen LogP) is 4.38. The highest BCUT2D eigenvalue weighted by Gasteiger charge is 2.32. The number of ether oxygens (including phenoxy) is 1. The molecule has 160 valence electrons. The Balaban J connectivity index is 1.11. The van der Waals surface area contributed by atoms with Crippen molar-refractivity contribution in [1.29, 1.82) is 0 Å².